The quantitative estimate of drug-likeness (QED) is 0.642. The average Bonchev–Trinajstić information content (AvgIpc) is 2.04. The number of aliphatic hydroxyl groups is 2. The van der Waals surface area contributed by atoms with Gasteiger partial charge in [-0.05, 0) is 12.8 Å². The summed E-state index contributed by atoms with van der Waals surface area (Å²) >= 11 is 0. The van der Waals surface area contributed by atoms with Crippen molar-refractivity contribution in [2.45, 2.75) is 46.3 Å². The molecule has 0 aliphatic rings. The molecule has 2 N–H and O–H groups in total. The molecule has 76 valence electrons. The van der Waals surface area contributed by atoms with Crippen LogP contribution in [0.4, 0.5) is 0 Å². The van der Waals surface area contributed by atoms with Crippen LogP contribution < -0.4 is 0 Å². The van der Waals surface area contributed by atoms with E-state index in [1.807, 2.05) is 13.8 Å². The molecule has 3 heteroatoms. The first-order valence-corrected chi connectivity index (χ1v) is 4.14. The average molecular weight is 178 g/mol. The number of ether oxygens (including phenoxy) is 1. The Kier molecular flexibility index (Phi) is 10.8. The second-order valence-corrected chi connectivity index (χ2v) is 2.66. The number of hydrogen-bond donors (Lipinski definition) is 2. The van der Waals surface area contributed by atoms with E-state index in [0.717, 1.165) is 0 Å². The zero-order valence-electron chi connectivity index (χ0n) is 7.29. The van der Waals surface area contributed by atoms with Crippen LogP contribution in [-0.4, -0.2) is 35.6 Å². The van der Waals surface area contributed by atoms with Crippen LogP contribution in [0.5, 0.6) is 0 Å². The molecular formula is C9H22O3. The van der Waals surface area contributed by atoms with Crippen molar-refractivity contribution in [1.29, 1.82) is 0 Å². The molecule has 0 saturated carbocycles. The summed E-state index contributed by atoms with van der Waals surface area (Å²) in [4.78, 5) is 0. The predicted molar refractivity (Wildman–Crippen MR) is 50.1 cm³/mol. The van der Waals surface area contributed by atoms with Crippen molar-refractivity contribution in [3.63, 3.8) is 0 Å². The van der Waals surface area contributed by atoms with Crippen LogP contribution in [0, 0.1) is 0 Å². The molecule has 3 nitrogen and oxygen atoms in total. The third kappa shape index (κ3) is 7.98. The van der Waals surface area contributed by atoms with E-state index < -0.39 is 0 Å². The lowest BCUT2D eigenvalue weighted by Crippen LogP contribution is -2.20. The lowest BCUT2D eigenvalue weighted by Gasteiger charge is -2.11. The smallest absolute Gasteiger partial charge is 0.0771 e. The molecule has 0 bridgehead atoms. The van der Waals surface area contributed by atoms with Crippen LogP contribution in [0.15, 0.2) is 0 Å². The Labute approximate surface area is 75.4 Å². The van der Waals surface area contributed by atoms with Gasteiger partial charge in [0.1, 0.15) is 0 Å². The summed E-state index contributed by atoms with van der Waals surface area (Å²) in [6.45, 7) is 4.44. The maximum absolute atomic E-state index is 9.04. The SMILES string of the molecule is C.CCC(O)COCC(O)CC. The molecule has 0 aromatic rings. The van der Waals surface area contributed by atoms with E-state index in [4.69, 9.17) is 14.9 Å². The van der Waals surface area contributed by atoms with Crippen LogP contribution in [0.1, 0.15) is 34.1 Å². The number of aliphatic hydroxyl groups excluding tert-OH is 2. The van der Waals surface area contributed by atoms with Gasteiger partial charge < -0.3 is 14.9 Å². The van der Waals surface area contributed by atoms with Crippen molar-refractivity contribution in [3.8, 4) is 0 Å². The largest absolute Gasteiger partial charge is 0.391 e. The van der Waals surface area contributed by atoms with Crippen molar-refractivity contribution in [1.82, 2.24) is 0 Å². The summed E-state index contributed by atoms with van der Waals surface area (Å²) in [6, 6.07) is 0. The fourth-order valence-corrected chi connectivity index (χ4v) is 0.576. The van der Waals surface area contributed by atoms with E-state index in [1.165, 1.54) is 0 Å². The fraction of sp³-hybridized carbons (Fsp3) is 1.00. The molecule has 0 heterocycles. The van der Waals surface area contributed by atoms with Crippen molar-refractivity contribution >= 4 is 0 Å². The fourth-order valence-electron chi connectivity index (χ4n) is 0.576. The molecule has 0 aliphatic carbocycles. The summed E-state index contributed by atoms with van der Waals surface area (Å²) in [5, 5.41) is 18.1. The van der Waals surface area contributed by atoms with E-state index in [1.54, 1.807) is 0 Å². The molecule has 0 spiro atoms. The highest BCUT2D eigenvalue weighted by Crippen LogP contribution is 1.94. The van der Waals surface area contributed by atoms with Crippen LogP contribution in [-0.2, 0) is 4.74 Å². The molecule has 0 saturated heterocycles. The van der Waals surface area contributed by atoms with Gasteiger partial charge in [0.05, 0.1) is 25.4 Å². The van der Waals surface area contributed by atoms with Crippen molar-refractivity contribution < 1.29 is 14.9 Å². The van der Waals surface area contributed by atoms with Gasteiger partial charge in [-0.2, -0.15) is 0 Å². The lowest BCUT2D eigenvalue weighted by molar-refractivity contribution is -0.00898. The minimum Gasteiger partial charge on any atom is -0.391 e. The van der Waals surface area contributed by atoms with E-state index in [2.05, 4.69) is 0 Å². The molecule has 0 fully saturated rings. The van der Waals surface area contributed by atoms with Crippen molar-refractivity contribution in [3.05, 3.63) is 0 Å². The Morgan fingerprint density at radius 1 is 1.00 bits per heavy atom. The first-order valence-electron chi connectivity index (χ1n) is 4.14. The van der Waals surface area contributed by atoms with Crippen LogP contribution >= 0.6 is 0 Å². The van der Waals surface area contributed by atoms with Gasteiger partial charge >= 0.3 is 0 Å². The lowest BCUT2D eigenvalue weighted by atomic mass is 10.3. The van der Waals surface area contributed by atoms with Gasteiger partial charge in [-0.25, -0.2) is 0 Å². The maximum Gasteiger partial charge on any atom is 0.0771 e. The van der Waals surface area contributed by atoms with Gasteiger partial charge in [-0.1, -0.05) is 21.3 Å². The summed E-state index contributed by atoms with van der Waals surface area (Å²) in [7, 11) is 0. The Hall–Kier alpha value is -0.120. The normalized spacial score (nSPS) is 15.0. The molecule has 0 amide bonds. The van der Waals surface area contributed by atoms with Gasteiger partial charge in [0.15, 0.2) is 0 Å². The summed E-state index contributed by atoms with van der Waals surface area (Å²) in [6.07, 6.45) is 0.614. The zero-order valence-corrected chi connectivity index (χ0v) is 7.29. The van der Waals surface area contributed by atoms with Crippen molar-refractivity contribution in [2.75, 3.05) is 13.2 Å². The van der Waals surface area contributed by atoms with E-state index >= 15 is 0 Å². The van der Waals surface area contributed by atoms with Crippen LogP contribution in [0.2, 0.25) is 0 Å². The zero-order chi connectivity index (χ0) is 8.69. The number of hydrogen-bond acceptors (Lipinski definition) is 3. The second kappa shape index (κ2) is 8.97. The van der Waals surface area contributed by atoms with E-state index in [0.29, 0.717) is 26.1 Å². The topological polar surface area (TPSA) is 49.7 Å². The standard InChI is InChI=1S/C8H18O3.CH4/c1-3-7(9)5-11-6-8(10)4-2;/h7-10H,3-6H2,1-2H3;1H4. The molecular weight excluding hydrogens is 156 g/mol. The molecule has 0 rings (SSSR count). The van der Waals surface area contributed by atoms with Gasteiger partial charge in [0, 0.05) is 0 Å². The van der Waals surface area contributed by atoms with E-state index in [9.17, 15) is 0 Å². The Balaban J connectivity index is 0. The first-order chi connectivity index (χ1) is 5.20. The summed E-state index contributed by atoms with van der Waals surface area (Å²) in [5.74, 6) is 0. The molecule has 0 aromatic carbocycles. The molecule has 0 aliphatic heterocycles. The highest BCUT2D eigenvalue weighted by atomic mass is 16.5. The molecule has 2 atom stereocenters. The summed E-state index contributed by atoms with van der Waals surface area (Å²) < 4.78 is 5.04. The van der Waals surface area contributed by atoms with Gasteiger partial charge in [-0.15, -0.1) is 0 Å². The highest BCUT2D eigenvalue weighted by molar-refractivity contribution is 4.52. The minimum atomic E-state index is -0.390. The Bertz CT molecular complexity index is 75.8. The van der Waals surface area contributed by atoms with Crippen LogP contribution in [0.25, 0.3) is 0 Å². The monoisotopic (exact) mass is 178 g/mol. The van der Waals surface area contributed by atoms with Crippen molar-refractivity contribution in [2.24, 2.45) is 0 Å². The Morgan fingerprint density at radius 3 is 1.58 bits per heavy atom. The Morgan fingerprint density at radius 2 is 1.33 bits per heavy atom. The van der Waals surface area contributed by atoms with Gasteiger partial charge in [-0.3, -0.25) is 0 Å². The molecule has 2 unspecified atom stereocenters. The molecule has 0 aromatic heterocycles. The minimum absolute atomic E-state index is 0. The molecule has 0 radical (unpaired) electrons. The highest BCUT2D eigenvalue weighted by Gasteiger charge is 2.03. The maximum atomic E-state index is 9.04. The molecule has 12 heavy (non-hydrogen) atoms. The predicted octanol–water partition coefficient (Wildman–Crippen LogP) is 1.18. The third-order valence-corrected chi connectivity index (χ3v) is 1.56. The third-order valence-electron chi connectivity index (χ3n) is 1.56. The second-order valence-electron chi connectivity index (χ2n) is 2.66. The van der Waals surface area contributed by atoms with Gasteiger partial charge in [0.25, 0.3) is 0 Å². The summed E-state index contributed by atoms with van der Waals surface area (Å²) in [5.41, 5.74) is 0. The van der Waals surface area contributed by atoms with E-state index in [-0.39, 0.29) is 19.6 Å². The first kappa shape index (κ1) is 14.4. The van der Waals surface area contributed by atoms with Gasteiger partial charge in [0.2, 0.25) is 0 Å². The number of rotatable bonds is 6. The van der Waals surface area contributed by atoms with Crippen LogP contribution in [0.3, 0.4) is 0 Å².